The van der Waals surface area contributed by atoms with Gasteiger partial charge >= 0.3 is 6.18 Å². The third-order valence-corrected chi connectivity index (χ3v) is 3.96. The quantitative estimate of drug-likeness (QED) is 0.365. The molecule has 0 radical (unpaired) electrons. The Balaban J connectivity index is 0.00000338. The predicted molar refractivity (Wildman–Crippen MR) is 104 cm³/mol. The van der Waals surface area contributed by atoms with Gasteiger partial charge in [-0.2, -0.15) is 13.2 Å². The van der Waals surface area contributed by atoms with Gasteiger partial charge in [-0.1, -0.05) is 0 Å². The van der Waals surface area contributed by atoms with Crippen LogP contribution in [0, 0.1) is 6.92 Å². The highest BCUT2D eigenvalue weighted by Crippen LogP contribution is 2.23. The number of halogens is 4. The van der Waals surface area contributed by atoms with Crippen molar-refractivity contribution in [2.45, 2.75) is 25.6 Å². The zero-order chi connectivity index (χ0) is 18.3. The molecule has 0 amide bonds. The van der Waals surface area contributed by atoms with Crippen molar-refractivity contribution in [3.63, 3.8) is 0 Å². The molecular formula is C16H26F3IN4O2. The topological polar surface area (TPSA) is 62.0 Å². The summed E-state index contributed by atoms with van der Waals surface area (Å²) in [6.45, 7) is 4.97. The van der Waals surface area contributed by atoms with E-state index in [4.69, 9.17) is 9.15 Å². The van der Waals surface area contributed by atoms with Crippen LogP contribution in [0.25, 0.3) is 0 Å². The second-order valence-corrected chi connectivity index (χ2v) is 5.86. The van der Waals surface area contributed by atoms with Gasteiger partial charge in [0, 0.05) is 33.2 Å². The van der Waals surface area contributed by atoms with Crippen molar-refractivity contribution in [1.29, 1.82) is 0 Å². The molecule has 2 heterocycles. The van der Waals surface area contributed by atoms with Gasteiger partial charge in [-0.05, 0) is 19.1 Å². The van der Waals surface area contributed by atoms with E-state index in [1.807, 2.05) is 19.1 Å². The van der Waals surface area contributed by atoms with Crippen molar-refractivity contribution in [1.82, 2.24) is 15.5 Å². The third-order valence-electron chi connectivity index (χ3n) is 3.96. The second-order valence-electron chi connectivity index (χ2n) is 5.86. The summed E-state index contributed by atoms with van der Waals surface area (Å²) < 4.78 is 47.9. The van der Waals surface area contributed by atoms with Gasteiger partial charge in [-0.25, -0.2) is 0 Å². The number of guanidine groups is 1. The molecule has 1 unspecified atom stereocenters. The molecule has 6 nitrogen and oxygen atoms in total. The number of rotatable bonds is 6. The lowest BCUT2D eigenvalue weighted by molar-refractivity contribution is -0.132. The number of furan rings is 1. The van der Waals surface area contributed by atoms with Gasteiger partial charge in [0.15, 0.2) is 5.96 Å². The number of aryl methyl sites for hydroxylation is 1. The van der Waals surface area contributed by atoms with Crippen LogP contribution in [0.3, 0.4) is 0 Å². The van der Waals surface area contributed by atoms with Gasteiger partial charge in [0.25, 0.3) is 0 Å². The van der Waals surface area contributed by atoms with E-state index >= 15 is 0 Å². The summed E-state index contributed by atoms with van der Waals surface area (Å²) in [6.07, 6.45) is -5.09. The average molecular weight is 490 g/mol. The highest BCUT2D eigenvalue weighted by atomic mass is 127. The number of nitrogens with zero attached hydrogens (tertiary/aromatic N) is 2. The number of nitrogens with one attached hydrogen (secondary N) is 2. The van der Waals surface area contributed by atoms with Gasteiger partial charge in [-0.3, -0.25) is 9.89 Å². The molecular weight excluding hydrogens is 464 g/mol. The molecule has 1 fully saturated rings. The van der Waals surface area contributed by atoms with Crippen molar-refractivity contribution >= 4 is 29.9 Å². The van der Waals surface area contributed by atoms with E-state index in [-0.39, 0.29) is 36.6 Å². The summed E-state index contributed by atoms with van der Waals surface area (Å²) in [5.74, 6) is 1.98. The molecule has 0 aliphatic carbocycles. The number of hydrogen-bond donors (Lipinski definition) is 2. The number of hydrogen-bond acceptors (Lipinski definition) is 4. The maximum atomic E-state index is 12.3. The zero-order valence-corrected chi connectivity index (χ0v) is 17.3. The van der Waals surface area contributed by atoms with E-state index in [0.717, 1.165) is 24.6 Å². The molecule has 0 aromatic carbocycles. The van der Waals surface area contributed by atoms with Crippen LogP contribution in [0.2, 0.25) is 0 Å². The molecule has 10 heteroatoms. The van der Waals surface area contributed by atoms with Crippen LogP contribution in [-0.2, 0) is 4.74 Å². The molecule has 1 aliphatic rings. The molecule has 150 valence electrons. The van der Waals surface area contributed by atoms with Gasteiger partial charge in [0.1, 0.15) is 11.5 Å². The van der Waals surface area contributed by atoms with Crippen LogP contribution in [0.5, 0.6) is 0 Å². The highest BCUT2D eigenvalue weighted by molar-refractivity contribution is 14.0. The number of alkyl halides is 3. The summed E-state index contributed by atoms with van der Waals surface area (Å²) in [4.78, 5) is 6.21. The Morgan fingerprint density at radius 1 is 1.27 bits per heavy atom. The lowest BCUT2D eigenvalue weighted by atomic mass is 10.1. The van der Waals surface area contributed by atoms with Crippen molar-refractivity contribution < 1.29 is 22.3 Å². The lowest BCUT2D eigenvalue weighted by Crippen LogP contribution is -2.46. The number of aliphatic imine (C=N–C) groups is 1. The fraction of sp³-hybridized carbons (Fsp3) is 0.688. The van der Waals surface area contributed by atoms with Crippen LogP contribution in [0.15, 0.2) is 21.5 Å². The largest absolute Gasteiger partial charge is 0.465 e. The van der Waals surface area contributed by atoms with E-state index in [1.165, 1.54) is 7.05 Å². The summed E-state index contributed by atoms with van der Waals surface area (Å²) in [6, 6.07) is 3.79. The normalized spacial score (nSPS) is 17.5. The smallest absolute Gasteiger partial charge is 0.390 e. The van der Waals surface area contributed by atoms with Crippen molar-refractivity contribution in [3.05, 3.63) is 23.7 Å². The zero-order valence-electron chi connectivity index (χ0n) is 14.9. The predicted octanol–water partition coefficient (Wildman–Crippen LogP) is 2.70. The standard InChI is InChI=1S/C16H25F3N4O2.HI/c1-12-3-4-14(25-12)13(23-7-9-24-10-8-23)11-22-15(20-2)21-6-5-16(17,18)19;/h3-4,13H,5-11H2,1-2H3,(H2,20,21,22);1H. The van der Waals surface area contributed by atoms with E-state index in [0.29, 0.717) is 25.7 Å². The van der Waals surface area contributed by atoms with E-state index in [1.54, 1.807) is 0 Å². The van der Waals surface area contributed by atoms with Gasteiger partial charge in [0.05, 0.1) is 25.7 Å². The maximum Gasteiger partial charge on any atom is 0.390 e. The summed E-state index contributed by atoms with van der Waals surface area (Å²) >= 11 is 0. The van der Waals surface area contributed by atoms with Crippen LogP contribution in [0.4, 0.5) is 13.2 Å². The van der Waals surface area contributed by atoms with E-state index < -0.39 is 12.6 Å². The summed E-state index contributed by atoms with van der Waals surface area (Å²) in [5.41, 5.74) is 0. The van der Waals surface area contributed by atoms with Crippen molar-refractivity contribution in [2.24, 2.45) is 4.99 Å². The molecule has 2 rings (SSSR count). The minimum absolute atomic E-state index is 0. The van der Waals surface area contributed by atoms with Crippen molar-refractivity contribution in [3.8, 4) is 0 Å². The minimum Gasteiger partial charge on any atom is -0.465 e. The molecule has 26 heavy (non-hydrogen) atoms. The Kier molecular flexibility index (Phi) is 9.72. The monoisotopic (exact) mass is 490 g/mol. The Morgan fingerprint density at radius 3 is 2.50 bits per heavy atom. The van der Waals surface area contributed by atoms with Gasteiger partial charge in [0.2, 0.25) is 0 Å². The molecule has 2 N–H and O–H groups in total. The van der Waals surface area contributed by atoms with Gasteiger partial charge in [-0.15, -0.1) is 24.0 Å². The van der Waals surface area contributed by atoms with Crippen LogP contribution >= 0.6 is 24.0 Å². The average Bonchev–Trinajstić information content (AvgIpc) is 2.99. The van der Waals surface area contributed by atoms with Crippen LogP contribution in [0.1, 0.15) is 24.0 Å². The Hall–Kier alpha value is -1.01. The van der Waals surface area contributed by atoms with Crippen LogP contribution < -0.4 is 10.6 Å². The molecule has 0 bridgehead atoms. The lowest BCUT2D eigenvalue weighted by Gasteiger charge is -2.33. The summed E-state index contributed by atoms with van der Waals surface area (Å²) in [7, 11) is 1.53. The fourth-order valence-corrected chi connectivity index (χ4v) is 2.67. The molecule has 1 aromatic heterocycles. The Bertz CT molecular complexity index is 560. The SMILES string of the molecule is CN=C(NCCC(F)(F)F)NCC(c1ccc(C)o1)N1CCOCC1.I. The molecule has 0 spiro atoms. The molecule has 0 saturated carbocycles. The highest BCUT2D eigenvalue weighted by Gasteiger charge is 2.27. The Labute approximate surface area is 168 Å². The molecule has 1 saturated heterocycles. The molecule has 1 atom stereocenters. The first-order chi connectivity index (χ1) is 11.9. The maximum absolute atomic E-state index is 12.3. The first kappa shape index (κ1) is 23.0. The number of ether oxygens (including phenoxy) is 1. The van der Waals surface area contributed by atoms with E-state index in [9.17, 15) is 13.2 Å². The molecule has 1 aliphatic heterocycles. The first-order valence-corrected chi connectivity index (χ1v) is 8.28. The fourth-order valence-electron chi connectivity index (χ4n) is 2.67. The number of morpholine rings is 1. The van der Waals surface area contributed by atoms with Gasteiger partial charge < -0.3 is 19.8 Å². The van der Waals surface area contributed by atoms with Crippen molar-refractivity contribution in [2.75, 3.05) is 46.4 Å². The molecule has 1 aromatic rings. The first-order valence-electron chi connectivity index (χ1n) is 8.28. The second kappa shape index (κ2) is 11.0. The van der Waals surface area contributed by atoms with Crippen LogP contribution in [-0.4, -0.2) is 63.5 Å². The summed E-state index contributed by atoms with van der Waals surface area (Å²) in [5, 5.41) is 5.78. The van der Waals surface area contributed by atoms with E-state index in [2.05, 4.69) is 20.5 Å². The third kappa shape index (κ3) is 7.70. The Morgan fingerprint density at radius 2 is 1.96 bits per heavy atom. The minimum atomic E-state index is -4.19.